The molecule has 1 aromatic heterocycles. The van der Waals surface area contributed by atoms with Gasteiger partial charge in [-0.15, -0.1) is 5.10 Å². The highest BCUT2D eigenvalue weighted by Crippen LogP contribution is 2.18. The van der Waals surface area contributed by atoms with Crippen molar-refractivity contribution in [2.45, 2.75) is 27.0 Å². The average Bonchev–Trinajstić information content (AvgIpc) is 2.83. The highest BCUT2D eigenvalue weighted by atomic mass is 15.5. The lowest BCUT2D eigenvalue weighted by molar-refractivity contribution is 0.438. The van der Waals surface area contributed by atoms with E-state index in [1.54, 1.807) is 0 Å². The summed E-state index contributed by atoms with van der Waals surface area (Å²) in [6, 6.07) is 0. The molecule has 1 aliphatic heterocycles. The van der Waals surface area contributed by atoms with E-state index < -0.39 is 0 Å². The van der Waals surface area contributed by atoms with Crippen molar-refractivity contribution in [2.24, 2.45) is 0 Å². The van der Waals surface area contributed by atoms with Gasteiger partial charge >= 0.3 is 6.98 Å². The van der Waals surface area contributed by atoms with Gasteiger partial charge in [0.05, 0.1) is 6.67 Å². The summed E-state index contributed by atoms with van der Waals surface area (Å²) in [6.07, 6.45) is 1.14. The quantitative estimate of drug-likeness (QED) is 0.735. The molecule has 1 aromatic rings. The number of aromatic amines is 1. The number of tetrazole rings is 1. The zero-order valence-electron chi connectivity index (χ0n) is 11.0. The summed E-state index contributed by atoms with van der Waals surface area (Å²) in [7, 11) is 2.12. The van der Waals surface area contributed by atoms with Gasteiger partial charge in [-0.3, -0.25) is 0 Å². The molecule has 1 N–H and O–H groups in total. The van der Waals surface area contributed by atoms with E-state index in [1.165, 1.54) is 0 Å². The molecule has 0 spiro atoms. The molecule has 0 amide bonds. The third kappa shape index (κ3) is 2.30. The van der Waals surface area contributed by atoms with Crippen molar-refractivity contribution in [3.63, 3.8) is 0 Å². The lowest BCUT2D eigenvalue weighted by Gasteiger charge is -2.47. The fourth-order valence-electron chi connectivity index (χ4n) is 2.36. The van der Waals surface area contributed by atoms with Crippen molar-refractivity contribution in [1.82, 2.24) is 30.2 Å². The van der Waals surface area contributed by atoms with Gasteiger partial charge in [-0.2, -0.15) is 5.21 Å². The molecule has 9 heteroatoms. The lowest BCUT2D eigenvalue weighted by atomic mass is 9.58. The van der Waals surface area contributed by atoms with Gasteiger partial charge in [-0.25, -0.2) is 0 Å². The van der Waals surface area contributed by atoms with E-state index in [1.807, 2.05) is 0 Å². The van der Waals surface area contributed by atoms with E-state index in [9.17, 15) is 0 Å². The highest BCUT2D eigenvalue weighted by Gasteiger charge is 2.40. The minimum atomic E-state index is 0.291. The number of hydrogen-bond acceptors (Lipinski definition) is 6. The molecule has 1 saturated heterocycles. The van der Waals surface area contributed by atoms with E-state index in [4.69, 9.17) is 0 Å². The zero-order valence-corrected chi connectivity index (χ0v) is 11.0. The minimum Gasteiger partial charge on any atom is -0.356 e. The normalized spacial score (nSPS) is 19.2. The van der Waals surface area contributed by atoms with Crippen LogP contribution in [0.3, 0.4) is 0 Å². The molecule has 1 aliphatic rings. The highest BCUT2D eigenvalue weighted by molar-refractivity contribution is 6.73. The third-order valence-corrected chi connectivity index (χ3v) is 3.50. The van der Waals surface area contributed by atoms with E-state index in [0.29, 0.717) is 19.9 Å². The molecule has 1 fully saturated rings. The van der Waals surface area contributed by atoms with Crippen LogP contribution in [-0.2, 0) is 0 Å². The summed E-state index contributed by atoms with van der Waals surface area (Å²) >= 11 is 0. The van der Waals surface area contributed by atoms with Gasteiger partial charge in [-0.1, -0.05) is 25.7 Å². The number of aromatic nitrogens is 4. The Kier molecular flexibility index (Phi) is 3.68. The minimum absolute atomic E-state index is 0.291. The summed E-state index contributed by atoms with van der Waals surface area (Å²) in [5, 5.41) is 14.3. The molecule has 92 valence electrons. The van der Waals surface area contributed by atoms with Crippen LogP contribution in [0.2, 0.25) is 13.6 Å². The van der Waals surface area contributed by atoms with Crippen LogP contribution in [0.1, 0.15) is 13.3 Å². The molecule has 0 aliphatic carbocycles. The van der Waals surface area contributed by atoms with Crippen LogP contribution in [0.25, 0.3) is 0 Å². The molecular weight excluding hydrogens is 216 g/mol. The third-order valence-electron chi connectivity index (χ3n) is 3.50. The van der Waals surface area contributed by atoms with Crippen LogP contribution in [0, 0.1) is 0 Å². The molecule has 0 saturated carbocycles. The molecule has 0 unspecified atom stereocenters. The summed E-state index contributed by atoms with van der Waals surface area (Å²) < 4.78 is 2.44. The number of nitrogens with zero attached hydrogens (tertiary/aromatic N) is 6. The Bertz CT molecular complexity index is 346. The van der Waals surface area contributed by atoms with Gasteiger partial charge in [-0.05, 0) is 25.2 Å². The topological polar surface area (TPSA) is 64.2 Å². The fourth-order valence-corrected chi connectivity index (χ4v) is 2.36. The van der Waals surface area contributed by atoms with E-state index >= 15 is 0 Å². The van der Waals surface area contributed by atoms with Crippen molar-refractivity contribution < 1.29 is 0 Å². The Morgan fingerprint density at radius 3 is 2.71 bits per heavy atom. The molecule has 0 radical (unpaired) electrons. The van der Waals surface area contributed by atoms with Crippen molar-refractivity contribution in [3.05, 3.63) is 0 Å². The molecule has 0 aromatic carbocycles. The summed E-state index contributed by atoms with van der Waals surface area (Å²) in [5.74, 6) is 0.664. The Balaban J connectivity index is 2.18. The second-order valence-corrected chi connectivity index (χ2v) is 4.58. The molecule has 2 rings (SSSR count). The van der Waals surface area contributed by atoms with Crippen LogP contribution in [0.15, 0.2) is 0 Å². The summed E-state index contributed by atoms with van der Waals surface area (Å²) in [4.78, 5) is 4.44. The van der Waals surface area contributed by atoms with Crippen molar-refractivity contribution in [1.29, 1.82) is 0 Å². The van der Waals surface area contributed by atoms with E-state index in [0.717, 1.165) is 19.6 Å². The van der Waals surface area contributed by atoms with Gasteiger partial charge in [0.2, 0.25) is 0 Å². The second-order valence-electron chi connectivity index (χ2n) is 4.58. The average molecular weight is 235 g/mol. The molecule has 17 heavy (non-hydrogen) atoms. The molecule has 0 bridgehead atoms. The van der Waals surface area contributed by atoms with Gasteiger partial charge in [0, 0.05) is 0 Å². The first kappa shape index (κ1) is 12.4. The van der Waals surface area contributed by atoms with E-state index in [2.05, 4.69) is 62.6 Å². The van der Waals surface area contributed by atoms with Gasteiger partial charge in [0.25, 0.3) is 12.9 Å². The largest absolute Gasteiger partial charge is 0.356 e. The van der Waals surface area contributed by atoms with Crippen LogP contribution in [-0.4, -0.2) is 64.4 Å². The maximum absolute atomic E-state index is 4.07. The van der Waals surface area contributed by atoms with Crippen LogP contribution >= 0.6 is 0 Å². The maximum atomic E-state index is 4.07. The Labute approximate surface area is 103 Å². The maximum Gasteiger partial charge on any atom is 0.333 e. The first-order valence-electron chi connectivity index (χ1n) is 6.11. The number of nitrogens with one attached hydrogen (secondary N) is 1. The summed E-state index contributed by atoms with van der Waals surface area (Å²) in [6.45, 7) is 9.25. The zero-order chi connectivity index (χ0) is 12.4. The smallest absolute Gasteiger partial charge is 0.333 e. The fraction of sp³-hybridized carbons (Fsp3) is 0.875. The van der Waals surface area contributed by atoms with Crippen molar-refractivity contribution >= 4 is 19.9 Å². The van der Waals surface area contributed by atoms with Crippen LogP contribution in [0.5, 0.6) is 0 Å². The standard InChI is InChI=1S/C8H19B2N7/c1-5-6-17-9(2)15(4)7-16(10(17)3)8-11-13-14-12-8/h5-7H2,1-4H3,(H,11,12,13,14). The first-order valence-corrected chi connectivity index (χ1v) is 6.11. The Morgan fingerprint density at radius 2 is 2.12 bits per heavy atom. The SMILES string of the molecule is CCCN1B(C)N(C)CN(c2nn[nH]n2)B1C. The van der Waals surface area contributed by atoms with Crippen LogP contribution < -0.4 is 4.81 Å². The molecule has 2 heterocycles. The summed E-state index contributed by atoms with van der Waals surface area (Å²) in [5.41, 5.74) is 0. The number of hydrogen-bond donors (Lipinski definition) is 1. The number of anilines is 1. The van der Waals surface area contributed by atoms with Gasteiger partial charge in [0.1, 0.15) is 0 Å². The Morgan fingerprint density at radius 1 is 1.35 bits per heavy atom. The van der Waals surface area contributed by atoms with Crippen molar-refractivity contribution in [3.8, 4) is 0 Å². The number of rotatable bonds is 3. The van der Waals surface area contributed by atoms with E-state index in [-0.39, 0.29) is 0 Å². The Hall–Kier alpha value is -1.08. The van der Waals surface area contributed by atoms with Gasteiger partial charge in [0.15, 0.2) is 0 Å². The molecular formula is C8H19B2N7. The predicted molar refractivity (Wildman–Crippen MR) is 69.5 cm³/mol. The van der Waals surface area contributed by atoms with Crippen LogP contribution in [0.4, 0.5) is 5.95 Å². The lowest BCUT2D eigenvalue weighted by Crippen LogP contribution is -2.69. The predicted octanol–water partition coefficient (Wildman–Crippen LogP) is -0.143. The van der Waals surface area contributed by atoms with Gasteiger partial charge < -0.3 is 14.3 Å². The molecule has 7 nitrogen and oxygen atoms in total. The monoisotopic (exact) mass is 235 g/mol. The first-order chi connectivity index (χ1) is 8.15. The second kappa shape index (κ2) is 5.05. The molecule has 0 atom stereocenters. The number of H-pyrrole nitrogens is 1. The van der Waals surface area contributed by atoms with Crippen molar-refractivity contribution in [2.75, 3.05) is 25.1 Å².